The molecule has 0 radical (unpaired) electrons. The first-order chi connectivity index (χ1) is 14.2. The van der Waals surface area contributed by atoms with Crippen LogP contribution in [0.15, 0.2) is 0 Å². The van der Waals surface area contributed by atoms with E-state index in [0.717, 1.165) is 54.3 Å². The van der Waals surface area contributed by atoms with E-state index in [-0.39, 0.29) is 0 Å². The number of fused-ring (bicyclic) bond motifs is 5. The van der Waals surface area contributed by atoms with E-state index < -0.39 is 0 Å². The zero-order valence-corrected chi connectivity index (χ0v) is 20.8. The Morgan fingerprint density at radius 1 is 1.00 bits per heavy atom. The quantitative estimate of drug-likeness (QED) is 0.487. The van der Waals surface area contributed by atoms with Gasteiger partial charge >= 0.3 is 0 Å². The standard InChI is InChI=1S/C28H49NO/c1-7-20-17-24-28(6,16-14-25(30)29-24)23-13-15-27(5)21(11-12-22(27)26(20)23)19(4)10-8-9-18(2)3/h18-24,26H,7-17H2,1-6H3,(H,29,30)/t19?,20-,21?,22?,23?,24?,26?,27+,28+/m0/s1. The summed E-state index contributed by atoms with van der Waals surface area (Å²) in [7, 11) is 0. The van der Waals surface area contributed by atoms with E-state index in [1.807, 2.05) is 0 Å². The number of piperidine rings is 1. The summed E-state index contributed by atoms with van der Waals surface area (Å²) in [6.07, 6.45) is 14.4. The fourth-order valence-corrected chi connectivity index (χ4v) is 9.31. The molecule has 4 rings (SSSR count). The minimum Gasteiger partial charge on any atom is -0.353 e. The molecule has 0 aromatic heterocycles. The largest absolute Gasteiger partial charge is 0.353 e. The summed E-state index contributed by atoms with van der Waals surface area (Å²) in [5, 5.41) is 3.45. The molecule has 2 heteroatoms. The first-order valence-electron chi connectivity index (χ1n) is 13.5. The topological polar surface area (TPSA) is 29.1 Å². The predicted molar refractivity (Wildman–Crippen MR) is 126 cm³/mol. The zero-order valence-electron chi connectivity index (χ0n) is 20.8. The lowest BCUT2D eigenvalue weighted by Crippen LogP contribution is -2.63. The maximum absolute atomic E-state index is 12.2. The van der Waals surface area contributed by atoms with Crippen LogP contribution in [-0.4, -0.2) is 11.9 Å². The van der Waals surface area contributed by atoms with E-state index in [4.69, 9.17) is 0 Å². The number of amides is 1. The molecule has 1 aliphatic heterocycles. The molecule has 0 aromatic carbocycles. The molecule has 0 bridgehead atoms. The lowest BCUT2D eigenvalue weighted by atomic mass is 9.44. The van der Waals surface area contributed by atoms with Crippen molar-refractivity contribution in [3.8, 4) is 0 Å². The van der Waals surface area contributed by atoms with E-state index in [2.05, 4.69) is 46.9 Å². The Morgan fingerprint density at radius 2 is 1.73 bits per heavy atom. The number of carbonyl (C=O) groups excluding carboxylic acids is 1. The van der Waals surface area contributed by atoms with Gasteiger partial charge in [0.2, 0.25) is 5.91 Å². The van der Waals surface area contributed by atoms with Gasteiger partial charge in [-0.3, -0.25) is 4.79 Å². The molecule has 3 aliphatic carbocycles. The van der Waals surface area contributed by atoms with Crippen molar-refractivity contribution in [3.63, 3.8) is 0 Å². The SMILES string of the molecule is CC[C@H]1CC2NC(=O)CC[C@]2(C)C2CC[C@]3(C)C(C(C)CCCC(C)C)CCC3C21. The minimum absolute atomic E-state index is 0.308. The summed E-state index contributed by atoms with van der Waals surface area (Å²) in [5.74, 6) is 6.44. The molecule has 4 fully saturated rings. The van der Waals surface area contributed by atoms with Gasteiger partial charge in [-0.25, -0.2) is 0 Å². The van der Waals surface area contributed by atoms with Gasteiger partial charge in [0, 0.05) is 12.5 Å². The van der Waals surface area contributed by atoms with Gasteiger partial charge in [-0.2, -0.15) is 0 Å². The molecule has 2 nitrogen and oxygen atoms in total. The summed E-state index contributed by atoms with van der Waals surface area (Å²) in [6, 6.07) is 0.432. The Kier molecular flexibility index (Phi) is 6.37. The monoisotopic (exact) mass is 415 g/mol. The van der Waals surface area contributed by atoms with Crippen molar-refractivity contribution >= 4 is 5.91 Å². The van der Waals surface area contributed by atoms with Gasteiger partial charge < -0.3 is 5.32 Å². The second-order valence-corrected chi connectivity index (χ2v) is 12.9. The van der Waals surface area contributed by atoms with Crippen molar-refractivity contribution in [2.45, 2.75) is 118 Å². The Morgan fingerprint density at radius 3 is 2.43 bits per heavy atom. The van der Waals surface area contributed by atoms with Gasteiger partial charge in [0.25, 0.3) is 0 Å². The predicted octanol–water partition coefficient (Wildman–Crippen LogP) is 7.22. The summed E-state index contributed by atoms with van der Waals surface area (Å²) in [5.41, 5.74) is 0.902. The maximum Gasteiger partial charge on any atom is 0.220 e. The highest BCUT2D eigenvalue weighted by molar-refractivity contribution is 5.77. The molecule has 0 aromatic rings. The highest BCUT2D eigenvalue weighted by Crippen LogP contribution is 2.68. The molecular formula is C28H49NO. The van der Waals surface area contributed by atoms with Gasteiger partial charge in [0.05, 0.1) is 0 Å². The van der Waals surface area contributed by atoms with Crippen LogP contribution in [0.4, 0.5) is 0 Å². The van der Waals surface area contributed by atoms with Crippen LogP contribution in [0.3, 0.4) is 0 Å². The van der Waals surface area contributed by atoms with Crippen molar-refractivity contribution in [1.82, 2.24) is 5.32 Å². The van der Waals surface area contributed by atoms with E-state index in [0.29, 0.717) is 22.8 Å². The molecule has 0 spiro atoms. The van der Waals surface area contributed by atoms with Crippen LogP contribution >= 0.6 is 0 Å². The number of nitrogens with one attached hydrogen (secondary N) is 1. The third-order valence-corrected chi connectivity index (χ3v) is 11.0. The number of hydrogen-bond donors (Lipinski definition) is 1. The molecule has 3 saturated carbocycles. The van der Waals surface area contributed by atoms with Crippen LogP contribution in [0.25, 0.3) is 0 Å². The van der Waals surface area contributed by atoms with Crippen LogP contribution in [0.5, 0.6) is 0 Å². The second-order valence-electron chi connectivity index (χ2n) is 12.9. The lowest BCUT2D eigenvalue weighted by molar-refractivity contribution is -0.146. The fraction of sp³-hybridized carbons (Fsp3) is 0.964. The lowest BCUT2D eigenvalue weighted by Gasteiger charge is -2.63. The average Bonchev–Trinajstić information content (AvgIpc) is 3.05. The minimum atomic E-state index is 0.308. The molecule has 1 N–H and O–H groups in total. The van der Waals surface area contributed by atoms with Gasteiger partial charge in [0.1, 0.15) is 0 Å². The molecule has 1 saturated heterocycles. The van der Waals surface area contributed by atoms with Crippen LogP contribution in [-0.2, 0) is 4.79 Å². The normalized spacial score (nSPS) is 46.7. The Balaban J connectivity index is 1.54. The van der Waals surface area contributed by atoms with Gasteiger partial charge in [-0.1, -0.05) is 67.2 Å². The van der Waals surface area contributed by atoms with Crippen LogP contribution in [0, 0.1) is 52.3 Å². The van der Waals surface area contributed by atoms with Crippen LogP contribution < -0.4 is 5.32 Å². The molecule has 30 heavy (non-hydrogen) atoms. The smallest absolute Gasteiger partial charge is 0.220 e. The summed E-state index contributed by atoms with van der Waals surface area (Å²) < 4.78 is 0. The van der Waals surface area contributed by atoms with Crippen molar-refractivity contribution in [3.05, 3.63) is 0 Å². The number of carbonyl (C=O) groups is 1. The van der Waals surface area contributed by atoms with Gasteiger partial charge in [-0.05, 0) is 90.8 Å². The highest BCUT2D eigenvalue weighted by Gasteiger charge is 2.62. The first kappa shape index (κ1) is 22.7. The zero-order chi connectivity index (χ0) is 21.7. The van der Waals surface area contributed by atoms with E-state index in [1.165, 1.54) is 57.8 Å². The third kappa shape index (κ3) is 3.66. The molecule has 4 aliphatic rings. The molecule has 1 heterocycles. The second kappa shape index (κ2) is 8.43. The fourth-order valence-electron chi connectivity index (χ4n) is 9.31. The molecule has 172 valence electrons. The van der Waals surface area contributed by atoms with Crippen molar-refractivity contribution < 1.29 is 4.79 Å². The van der Waals surface area contributed by atoms with Crippen LogP contribution in [0.2, 0.25) is 0 Å². The van der Waals surface area contributed by atoms with E-state index in [9.17, 15) is 4.79 Å². The maximum atomic E-state index is 12.2. The molecule has 6 unspecified atom stereocenters. The van der Waals surface area contributed by atoms with Gasteiger partial charge in [-0.15, -0.1) is 0 Å². The first-order valence-corrected chi connectivity index (χ1v) is 13.5. The molecule has 9 atom stereocenters. The van der Waals surface area contributed by atoms with Crippen molar-refractivity contribution in [1.29, 1.82) is 0 Å². The Labute approximate surface area is 186 Å². The summed E-state index contributed by atoms with van der Waals surface area (Å²) in [6.45, 7) is 15.0. The highest BCUT2D eigenvalue weighted by atomic mass is 16.1. The van der Waals surface area contributed by atoms with E-state index in [1.54, 1.807) is 0 Å². The Bertz CT molecular complexity index is 628. The van der Waals surface area contributed by atoms with Crippen LogP contribution in [0.1, 0.15) is 112 Å². The summed E-state index contributed by atoms with van der Waals surface area (Å²) >= 11 is 0. The number of hydrogen-bond acceptors (Lipinski definition) is 1. The molecule has 1 amide bonds. The average molecular weight is 416 g/mol. The Hall–Kier alpha value is -0.530. The summed E-state index contributed by atoms with van der Waals surface area (Å²) in [4.78, 5) is 12.2. The van der Waals surface area contributed by atoms with Gasteiger partial charge in [0.15, 0.2) is 0 Å². The van der Waals surface area contributed by atoms with E-state index >= 15 is 0 Å². The number of rotatable bonds is 6. The third-order valence-electron chi connectivity index (χ3n) is 11.0. The molecular weight excluding hydrogens is 366 g/mol. The van der Waals surface area contributed by atoms with Crippen molar-refractivity contribution in [2.24, 2.45) is 52.3 Å². The van der Waals surface area contributed by atoms with Crippen molar-refractivity contribution in [2.75, 3.05) is 0 Å².